The number of nitrogens with zero attached hydrogens (tertiary/aromatic N) is 1. The van der Waals surface area contributed by atoms with E-state index in [9.17, 15) is 9.59 Å². The number of esters is 1. The van der Waals surface area contributed by atoms with Crippen molar-refractivity contribution < 1.29 is 18.7 Å². The first kappa shape index (κ1) is 30.9. The predicted octanol–water partition coefficient (Wildman–Crippen LogP) is 7.70. The second kappa shape index (κ2) is 13.8. The number of halogens is 1. The van der Waals surface area contributed by atoms with Crippen LogP contribution in [0.2, 0.25) is 0 Å². The molecule has 0 saturated carbocycles. The molecule has 0 aliphatic rings. The highest BCUT2D eigenvalue weighted by Gasteiger charge is 2.24. The predicted molar refractivity (Wildman–Crippen MR) is 145 cm³/mol. The van der Waals surface area contributed by atoms with Gasteiger partial charge in [-0.25, -0.2) is 4.98 Å². The van der Waals surface area contributed by atoms with E-state index in [0.29, 0.717) is 11.6 Å². The van der Waals surface area contributed by atoms with Gasteiger partial charge in [0.15, 0.2) is 11.6 Å². The zero-order valence-electron chi connectivity index (χ0n) is 22.9. The number of unbranched alkanes of at least 4 members (excludes halogenated alkanes) is 2. The first-order valence-electron chi connectivity index (χ1n) is 12.4. The fourth-order valence-corrected chi connectivity index (χ4v) is 3.92. The van der Waals surface area contributed by atoms with E-state index in [1.165, 1.54) is 24.3 Å². The summed E-state index contributed by atoms with van der Waals surface area (Å²) < 4.78 is 11.4. The van der Waals surface area contributed by atoms with E-state index in [0.717, 1.165) is 36.6 Å². The molecule has 1 N–H and O–H groups in total. The number of aryl methyl sites for hydroxylation is 1. The third kappa shape index (κ3) is 11.4. The normalized spacial score (nSPS) is 12.4. The van der Waals surface area contributed by atoms with Crippen LogP contribution in [0.25, 0.3) is 0 Å². The Labute approximate surface area is 219 Å². The van der Waals surface area contributed by atoms with Gasteiger partial charge in [0.25, 0.3) is 5.91 Å². The summed E-state index contributed by atoms with van der Waals surface area (Å²) in [5.74, 6) is 0.172. The smallest absolute Gasteiger partial charge is 0.303 e. The Morgan fingerprint density at radius 2 is 1.77 bits per heavy atom. The summed E-state index contributed by atoms with van der Waals surface area (Å²) in [5, 5.41) is 3.19. The van der Waals surface area contributed by atoms with Crippen molar-refractivity contribution in [1.82, 2.24) is 10.3 Å². The van der Waals surface area contributed by atoms with Crippen LogP contribution in [0.1, 0.15) is 122 Å². The molecular formula is C28H43BrN2O4. The van der Waals surface area contributed by atoms with E-state index in [-0.39, 0.29) is 28.9 Å². The van der Waals surface area contributed by atoms with E-state index >= 15 is 0 Å². The average molecular weight is 552 g/mol. The van der Waals surface area contributed by atoms with Crippen molar-refractivity contribution in [3.8, 4) is 0 Å². The fourth-order valence-electron chi connectivity index (χ4n) is 3.51. The maximum atomic E-state index is 12.8. The first-order valence-corrected chi connectivity index (χ1v) is 13.2. The summed E-state index contributed by atoms with van der Waals surface area (Å²) in [6, 6.07) is 6.27. The monoisotopic (exact) mass is 550 g/mol. The van der Waals surface area contributed by atoms with Gasteiger partial charge in [-0.05, 0) is 56.9 Å². The van der Waals surface area contributed by atoms with Crippen molar-refractivity contribution in [2.75, 3.05) is 0 Å². The number of ether oxygens (including phenoxy) is 1. The van der Waals surface area contributed by atoms with Crippen molar-refractivity contribution in [1.29, 1.82) is 0 Å². The van der Waals surface area contributed by atoms with E-state index in [2.05, 4.69) is 52.2 Å². The lowest BCUT2D eigenvalue weighted by Crippen LogP contribution is -2.29. The van der Waals surface area contributed by atoms with Gasteiger partial charge < -0.3 is 14.5 Å². The minimum atomic E-state index is -0.328. The Balaban J connectivity index is 0.000000658. The molecule has 1 aromatic heterocycles. The van der Waals surface area contributed by atoms with Crippen LogP contribution in [0.4, 0.5) is 0 Å². The maximum Gasteiger partial charge on any atom is 0.303 e. The van der Waals surface area contributed by atoms with Crippen LogP contribution >= 0.6 is 15.9 Å². The lowest BCUT2D eigenvalue weighted by Gasteiger charge is -2.22. The summed E-state index contributed by atoms with van der Waals surface area (Å²) in [7, 11) is 0. The van der Waals surface area contributed by atoms with Crippen molar-refractivity contribution in [2.24, 2.45) is 0 Å². The minimum absolute atomic E-state index is 0.0260. The van der Waals surface area contributed by atoms with Crippen LogP contribution in [-0.4, -0.2) is 22.5 Å². The number of aromatic nitrogens is 1. The molecule has 1 aromatic carbocycles. The van der Waals surface area contributed by atoms with Crippen LogP contribution in [0, 0.1) is 0 Å². The summed E-state index contributed by atoms with van der Waals surface area (Å²) in [4.78, 5) is 27.5. The molecular weight excluding hydrogens is 508 g/mol. The molecule has 0 aliphatic carbocycles. The standard InChI is InChI=1S/C22H31BrN2O2.C6H12O2/c1-6-8-9-10-18(17-12-11-16(23)13-15(17)7-2)24-20(26)19-14-27-21(25-19)22(3,4)5;1-5(7)8-6(2,3)4/h11-14,18H,6-10H2,1-5H3,(H,24,26);1-4H3. The van der Waals surface area contributed by atoms with Gasteiger partial charge in [0.1, 0.15) is 11.9 Å². The van der Waals surface area contributed by atoms with E-state index in [4.69, 9.17) is 9.15 Å². The van der Waals surface area contributed by atoms with Crippen LogP contribution < -0.4 is 5.32 Å². The zero-order valence-corrected chi connectivity index (χ0v) is 24.5. The number of carbonyl (C=O) groups is 2. The number of nitrogens with one attached hydrogen (secondary N) is 1. The summed E-state index contributed by atoms with van der Waals surface area (Å²) >= 11 is 3.55. The minimum Gasteiger partial charge on any atom is -0.460 e. The van der Waals surface area contributed by atoms with Gasteiger partial charge in [-0.15, -0.1) is 0 Å². The Morgan fingerprint density at radius 1 is 1.11 bits per heavy atom. The van der Waals surface area contributed by atoms with E-state index in [1.807, 2.05) is 47.6 Å². The van der Waals surface area contributed by atoms with Crippen molar-refractivity contribution >= 4 is 27.8 Å². The van der Waals surface area contributed by atoms with Crippen molar-refractivity contribution in [3.05, 3.63) is 51.6 Å². The highest BCUT2D eigenvalue weighted by atomic mass is 79.9. The van der Waals surface area contributed by atoms with Gasteiger partial charge in [0.05, 0.1) is 6.04 Å². The van der Waals surface area contributed by atoms with Crippen LogP contribution in [0.15, 0.2) is 33.4 Å². The lowest BCUT2D eigenvalue weighted by molar-refractivity contribution is -0.151. The molecule has 0 saturated heterocycles. The molecule has 2 rings (SSSR count). The summed E-state index contributed by atoms with van der Waals surface area (Å²) in [6.07, 6.45) is 6.68. The zero-order chi connectivity index (χ0) is 26.8. The highest BCUT2D eigenvalue weighted by molar-refractivity contribution is 9.10. The number of hydrogen-bond acceptors (Lipinski definition) is 5. The van der Waals surface area contributed by atoms with Gasteiger partial charge in [0, 0.05) is 16.8 Å². The Morgan fingerprint density at radius 3 is 2.23 bits per heavy atom. The van der Waals surface area contributed by atoms with Gasteiger partial charge in [0.2, 0.25) is 0 Å². The van der Waals surface area contributed by atoms with Crippen LogP contribution in [0.5, 0.6) is 0 Å². The number of carbonyl (C=O) groups excluding carboxylic acids is 2. The third-order valence-corrected chi connectivity index (χ3v) is 5.58. The molecule has 0 aliphatic heterocycles. The molecule has 7 heteroatoms. The maximum absolute atomic E-state index is 12.8. The van der Waals surface area contributed by atoms with Gasteiger partial charge in [-0.3, -0.25) is 9.59 Å². The molecule has 6 nitrogen and oxygen atoms in total. The molecule has 1 atom stereocenters. The van der Waals surface area contributed by atoms with Crippen LogP contribution in [0.3, 0.4) is 0 Å². The topological polar surface area (TPSA) is 81.4 Å². The van der Waals surface area contributed by atoms with E-state index in [1.54, 1.807) is 0 Å². The summed E-state index contributed by atoms with van der Waals surface area (Å²) in [5.41, 5.74) is 2.23. The molecule has 0 radical (unpaired) electrons. The molecule has 2 aromatic rings. The van der Waals surface area contributed by atoms with E-state index < -0.39 is 0 Å². The first-order chi connectivity index (χ1) is 16.2. The number of oxazole rings is 1. The molecule has 1 heterocycles. The molecule has 1 amide bonds. The molecule has 35 heavy (non-hydrogen) atoms. The Hall–Kier alpha value is -2.15. The SMILES string of the molecule is CC(=O)OC(C)(C)C.CCCCCC(NC(=O)c1coc(C(C)(C)C)n1)c1ccc(Br)cc1CC. The second-order valence-corrected chi connectivity index (χ2v) is 11.6. The van der Waals surface area contributed by atoms with Gasteiger partial charge in [-0.1, -0.05) is 75.9 Å². The Bertz CT molecular complexity index is 955. The van der Waals surface area contributed by atoms with Crippen molar-refractivity contribution in [3.63, 3.8) is 0 Å². The van der Waals surface area contributed by atoms with Crippen molar-refractivity contribution in [2.45, 2.75) is 111 Å². The fraction of sp³-hybridized carbons (Fsp3) is 0.607. The molecule has 196 valence electrons. The number of amides is 1. The number of hydrogen-bond donors (Lipinski definition) is 1. The van der Waals surface area contributed by atoms with Crippen LogP contribution in [-0.2, 0) is 21.4 Å². The molecule has 0 spiro atoms. The third-order valence-electron chi connectivity index (χ3n) is 5.09. The highest BCUT2D eigenvalue weighted by Crippen LogP contribution is 2.28. The largest absolute Gasteiger partial charge is 0.460 e. The summed E-state index contributed by atoms with van der Waals surface area (Å²) in [6.45, 7) is 17.3. The van der Waals surface area contributed by atoms with Gasteiger partial charge in [-0.2, -0.15) is 0 Å². The second-order valence-electron chi connectivity index (χ2n) is 10.7. The molecule has 0 bridgehead atoms. The number of rotatable bonds is 8. The molecule has 1 unspecified atom stereocenters. The number of benzene rings is 1. The average Bonchev–Trinajstić information content (AvgIpc) is 3.23. The molecule has 0 fully saturated rings. The lowest BCUT2D eigenvalue weighted by atomic mass is 9.94. The van der Waals surface area contributed by atoms with Gasteiger partial charge >= 0.3 is 5.97 Å². The quantitative estimate of drug-likeness (QED) is 0.269. The Kier molecular flexibility index (Phi) is 12.2.